The van der Waals surface area contributed by atoms with E-state index in [0.29, 0.717) is 11.3 Å². The Kier molecular flexibility index (Phi) is 16.5. The number of hydrogen-bond acceptors (Lipinski definition) is 1. The molecule has 0 amide bonds. The Labute approximate surface area is 159 Å². The first kappa shape index (κ1) is 24.4. The van der Waals surface area contributed by atoms with E-state index >= 15 is 0 Å². The molecule has 0 bridgehead atoms. The minimum Gasteiger partial charge on any atom is -0.381 e. The second kappa shape index (κ2) is 16.9. The molecular formula is C24H46O. The van der Waals surface area contributed by atoms with Gasteiger partial charge in [-0.15, -0.1) is 13.2 Å². The zero-order chi connectivity index (χ0) is 18.8. The summed E-state index contributed by atoms with van der Waals surface area (Å²) in [4.78, 5) is 0. The van der Waals surface area contributed by atoms with Gasteiger partial charge in [0.1, 0.15) is 0 Å². The summed E-state index contributed by atoms with van der Waals surface area (Å²) in [5, 5.41) is 0. The molecule has 0 aliphatic rings. The fourth-order valence-corrected chi connectivity index (χ4v) is 3.22. The van der Waals surface area contributed by atoms with Gasteiger partial charge in [-0.05, 0) is 49.9 Å². The van der Waals surface area contributed by atoms with Crippen molar-refractivity contribution in [3.8, 4) is 0 Å². The zero-order valence-corrected chi connectivity index (χ0v) is 17.7. The van der Waals surface area contributed by atoms with Crippen LogP contribution in [0.2, 0.25) is 0 Å². The maximum absolute atomic E-state index is 5.92. The van der Waals surface area contributed by atoms with Crippen LogP contribution in [-0.2, 0) is 4.74 Å². The van der Waals surface area contributed by atoms with Gasteiger partial charge in [-0.1, -0.05) is 77.9 Å². The second-order valence-corrected chi connectivity index (χ2v) is 8.82. The molecule has 0 rings (SSSR count). The summed E-state index contributed by atoms with van der Waals surface area (Å²) >= 11 is 0. The van der Waals surface area contributed by atoms with Crippen LogP contribution in [0.25, 0.3) is 0 Å². The average molecular weight is 351 g/mol. The summed E-state index contributed by atoms with van der Waals surface area (Å²) < 4.78 is 5.92. The van der Waals surface area contributed by atoms with Crippen LogP contribution in [0.3, 0.4) is 0 Å². The molecule has 1 heteroatoms. The first-order valence-corrected chi connectivity index (χ1v) is 10.8. The number of unbranched alkanes of at least 4 members (excludes halogenated alkanes) is 8. The zero-order valence-electron chi connectivity index (χ0n) is 17.7. The summed E-state index contributed by atoms with van der Waals surface area (Å²) in [6.07, 6.45) is 21.0. The van der Waals surface area contributed by atoms with E-state index < -0.39 is 0 Å². The molecule has 0 aromatic carbocycles. The highest BCUT2D eigenvalue weighted by Crippen LogP contribution is 2.22. The van der Waals surface area contributed by atoms with Crippen molar-refractivity contribution < 1.29 is 4.74 Å². The molecule has 0 aromatic rings. The molecule has 25 heavy (non-hydrogen) atoms. The molecule has 0 aliphatic heterocycles. The molecule has 1 atom stereocenters. The highest BCUT2D eigenvalue weighted by atomic mass is 16.5. The van der Waals surface area contributed by atoms with Crippen LogP contribution in [0.1, 0.15) is 104 Å². The lowest BCUT2D eigenvalue weighted by Crippen LogP contribution is -2.10. The molecule has 148 valence electrons. The average Bonchev–Trinajstić information content (AvgIpc) is 2.55. The maximum atomic E-state index is 5.92. The van der Waals surface area contributed by atoms with Crippen molar-refractivity contribution in [1.82, 2.24) is 0 Å². The van der Waals surface area contributed by atoms with E-state index in [4.69, 9.17) is 4.74 Å². The minimum absolute atomic E-state index is 0.506. The Morgan fingerprint density at radius 1 is 0.800 bits per heavy atom. The molecule has 1 unspecified atom stereocenters. The van der Waals surface area contributed by atoms with Crippen LogP contribution in [0, 0.1) is 11.3 Å². The quantitative estimate of drug-likeness (QED) is 0.179. The van der Waals surface area contributed by atoms with Crippen LogP contribution in [-0.4, -0.2) is 13.2 Å². The Bertz CT molecular complexity index is 300. The van der Waals surface area contributed by atoms with E-state index in [1.807, 2.05) is 12.2 Å². The molecule has 0 heterocycles. The monoisotopic (exact) mass is 350 g/mol. The van der Waals surface area contributed by atoms with E-state index in [1.165, 1.54) is 70.6 Å². The summed E-state index contributed by atoms with van der Waals surface area (Å²) in [5.41, 5.74) is 0.506. The Balaban J connectivity index is 3.41. The number of rotatable bonds is 18. The van der Waals surface area contributed by atoms with E-state index in [2.05, 4.69) is 33.9 Å². The van der Waals surface area contributed by atoms with Crippen molar-refractivity contribution >= 4 is 0 Å². The fourth-order valence-electron chi connectivity index (χ4n) is 3.22. The summed E-state index contributed by atoms with van der Waals surface area (Å²) in [7, 11) is 0. The molecular weight excluding hydrogens is 304 g/mol. The standard InChI is InChI=1S/C24H46O/c1-6-8-9-15-19-23(18-7-2)22-25-21-17-14-12-10-11-13-16-20-24(3,4)5/h6-7,23H,1-2,8-22H2,3-5H3. The summed E-state index contributed by atoms with van der Waals surface area (Å²) in [6.45, 7) is 16.5. The minimum atomic E-state index is 0.506. The molecule has 0 saturated heterocycles. The van der Waals surface area contributed by atoms with Gasteiger partial charge in [0.2, 0.25) is 0 Å². The molecule has 1 nitrogen and oxygen atoms in total. The Hall–Kier alpha value is -0.560. The van der Waals surface area contributed by atoms with Crippen molar-refractivity contribution in [3.63, 3.8) is 0 Å². The Morgan fingerprint density at radius 3 is 2.04 bits per heavy atom. The topological polar surface area (TPSA) is 9.23 Å². The lowest BCUT2D eigenvalue weighted by Gasteiger charge is -2.17. The SMILES string of the molecule is C=CCCCCC(CC=C)COCCCCCCCCCC(C)(C)C. The van der Waals surface area contributed by atoms with Gasteiger partial charge in [-0.25, -0.2) is 0 Å². The first-order chi connectivity index (χ1) is 12.0. The van der Waals surface area contributed by atoms with Crippen molar-refractivity contribution in [2.75, 3.05) is 13.2 Å². The molecule has 0 radical (unpaired) electrons. The van der Waals surface area contributed by atoms with Crippen molar-refractivity contribution in [2.24, 2.45) is 11.3 Å². The number of ether oxygens (including phenoxy) is 1. The van der Waals surface area contributed by atoms with Gasteiger partial charge in [0.05, 0.1) is 0 Å². The predicted octanol–water partition coefficient (Wildman–Crippen LogP) is 8.11. The molecule has 0 saturated carbocycles. The largest absolute Gasteiger partial charge is 0.381 e. The fraction of sp³-hybridized carbons (Fsp3) is 0.833. The van der Waals surface area contributed by atoms with E-state index in [-0.39, 0.29) is 0 Å². The molecule has 0 spiro atoms. The predicted molar refractivity (Wildman–Crippen MR) is 114 cm³/mol. The second-order valence-electron chi connectivity index (χ2n) is 8.82. The van der Waals surface area contributed by atoms with Gasteiger partial charge in [0, 0.05) is 13.2 Å². The van der Waals surface area contributed by atoms with Crippen LogP contribution >= 0.6 is 0 Å². The third-order valence-electron chi connectivity index (χ3n) is 4.84. The van der Waals surface area contributed by atoms with Gasteiger partial charge >= 0.3 is 0 Å². The van der Waals surface area contributed by atoms with Crippen LogP contribution in [0.15, 0.2) is 25.3 Å². The maximum Gasteiger partial charge on any atom is 0.0497 e. The third kappa shape index (κ3) is 19.6. The third-order valence-corrected chi connectivity index (χ3v) is 4.84. The highest BCUT2D eigenvalue weighted by molar-refractivity contribution is 4.74. The Morgan fingerprint density at radius 2 is 1.44 bits per heavy atom. The van der Waals surface area contributed by atoms with E-state index in [9.17, 15) is 0 Å². The van der Waals surface area contributed by atoms with Crippen LogP contribution in [0.5, 0.6) is 0 Å². The van der Waals surface area contributed by atoms with Gasteiger partial charge in [-0.2, -0.15) is 0 Å². The van der Waals surface area contributed by atoms with Crippen LogP contribution < -0.4 is 0 Å². The van der Waals surface area contributed by atoms with Gasteiger partial charge in [0.15, 0.2) is 0 Å². The molecule has 0 aliphatic carbocycles. The van der Waals surface area contributed by atoms with Crippen molar-refractivity contribution in [1.29, 1.82) is 0 Å². The number of allylic oxidation sites excluding steroid dienone is 2. The molecule has 0 aromatic heterocycles. The highest BCUT2D eigenvalue weighted by Gasteiger charge is 2.09. The summed E-state index contributed by atoms with van der Waals surface area (Å²) in [6, 6.07) is 0. The van der Waals surface area contributed by atoms with Crippen molar-refractivity contribution in [3.05, 3.63) is 25.3 Å². The van der Waals surface area contributed by atoms with Gasteiger partial charge in [-0.3, -0.25) is 0 Å². The van der Waals surface area contributed by atoms with Gasteiger partial charge in [0.25, 0.3) is 0 Å². The summed E-state index contributed by atoms with van der Waals surface area (Å²) in [5.74, 6) is 0.658. The smallest absolute Gasteiger partial charge is 0.0497 e. The van der Waals surface area contributed by atoms with E-state index in [1.54, 1.807) is 0 Å². The van der Waals surface area contributed by atoms with Gasteiger partial charge < -0.3 is 4.74 Å². The van der Waals surface area contributed by atoms with E-state index in [0.717, 1.165) is 26.1 Å². The first-order valence-electron chi connectivity index (χ1n) is 10.8. The number of hydrogen-bond donors (Lipinski definition) is 0. The van der Waals surface area contributed by atoms with Crippen LogP contribution in [0.4, 0.5) is 0 Å². The molecule has 0 fully saturated rings. The van der Waals surface area contributed by atoms with Crippen molar-refractivity contribution in [2.45, 2.75) is 104 Å². The lowest BCUT2D eigenvalue weighted by molar-refractivity contribution is 0.0929. The lowest BCUT2D eigenvalue weighted by atomic mass is 9.89. The normalized spacial score (nSPS) is 12.9. The molecule has 0 N–H and O–H groups in total.